The molecule has 1 N–H and O–H groups in total. The van der Waals surface area contributed by atoms with Crippen LogP contribution in [0.5, 0.6) is 0 Å². The SMILES string of the molecule is O=C(C[C@@H]1CCOC1)NC1(c2ccc(Cl)cc2)CC1. The molecule has 2 aliphatic rings. The van der Waals surface area contributed by atoms with E-state index in [0.29, 0.717) is 12.3 Å². The minimum Gasteiger partial charge on any atom is -0.381 e. The van der Waals surface area contributed by atoms with Crippen molar-refractivity contribution in [1.29, 1.82) is 0 Å². The van der Waals surface area contributed by atoms with Crippen molar-refractivity contribution in [3.8, 4) is 0 Å². The van der Waals surface area contributed by atoms with Crippen LogP contribution in [0.25, 0.3) is 0 Å². The van der Waals surface area contributed by atoms with E-state index in [4.69, 9.17) is 16.3 Å². The maximum absolute atomic E-state index is 12.1. The maximum Gasteiger partial charge on any atom is 0.221 e. The molecule has 0 unspecified atom stereocenters. The Kier molecular flexibility index (Phi) is 3.50. The van der Waals surface area contributed by atoms with Crippen LogP contribution in [-0.4, -0.2) is 19.1 Å². The van der Waals surface area contributed by atoms with Gasteiger partial charge in [-0.15, -0.1) is 0 Å². The highest BCUT2D eigenvalue weighted by Crippen LogP contribution is 2.45. The summed E-state index contributed by atoms with van der Waals surface area (Å²) in [6.07, 6.45) is 3.61. The predicted octanol–water partition coefficient (Wildman–Crippen LogP) is 2.87. The fourth-order valence-corrected chi connectivity index (χ4v) is 2.83. The molecule has 2 fully saturated rings. The number of carbonyl (C=O) groups is 1. The highest BCUT2D eigenvalue weighted by atomic mass is 35.5. The molecule has 1 aliphatic heterocycles. The van der Waals surface area contributed by atoms with Gasteiger partial charge in [0.25, 0.3) is 0 Å². The van der Waals surface area contributed by atoms with Crippen molar-refractivity contribution in [2.75, 3.05) is 13.2 Å². The van der Waals surface area contributed by atoms with E-state index < -0.39 is 0 Å². The minimum atomic E-state index is -0.138. The zero-order valence-electron chi connectivity index (χ0n) is 10.8. The van der Waals surface area contributed by atoms with Gasteiger partial charge in [0.1, 0.15) is 0 Å². The topological polar surface area (TPSA) is 38.3 Å². The summed E-state index contributed by atoms with van der Waals surface area (Å²) in [6.45, 7) is 1.52. The van der Waals surface area contributed by atoms with Crippen LogP contribution in [0.3, 0.4) is 0 Å². The van der Waals surface area contributed by atoms with Crippen molar-refractivity contribution in [1.82, 2.24) is 5.32 Å². The molecule has 1 aromatic carbocycles. The lowest BCUT2D eigenvalue weighted by atomic mass is 10.0. The lowest BCUT2D eigenvalue weighted by Crippen LogP contribution is -2.35. The number of halogens is 1. The van der Waals surface area contributed by atoms with Crippen LogP contribution in [0.15, 0.2) is 24.3 Å². The van der Waals surface area contributed by atoms with Gasteiger partial charge in [-0.3, -0.25) is 4.79 Å². The molecule has 0 radical (unpaired) electrons. The molecular formula is C15H18ClNO2. The Morgan fingerprint density at radius 2 is 2.11 bits per heavy atom. The Bertz CT molecular complexity index is 462. The molecule has 102 valence electrons. The zero-order chi connectivity index (χ0) is 13.3. The fraction of sp³-hybridized carbons (Fsp3) is 0.533. The Morgan fingerprint density at radius 1 is 1.37 bits per heavy atom. The number of amides is 1. The Balaban J connectivity index is 1.61. The number of rotatable bonds is 4. The number of ether oxygens (including phenoxy) is 1. The molecule has 1 heterocycles. The van der Waals surface area contributed by atoms with Crippen LogP contribution in [0.2, 0.25) is 5.02 Å². The third kappa shape index (κ3) is 2.93. The van der Waals surface area contributed by atoms with Gasteiger partial charge in [-0.1, -0.05) is 23.7 Å². The van der Waals surface area contributed by atoms with Gasteiger partial charge >= 0.3 is 0 Å². The van der Waals surface area contributed by atoms with E-state index in [1.807, 2.05) is 24.3 Å². The summed E-state index contributed by atoms with van der Waals surface area (Å²) in [7, 11) is 0. The van der Waals surface area contributed by atoms with E-state index in [1.54, 1.807) is 0 Å². The highest BCUT2D eigenvalue weighted by molar-refractivity contribution is 6.30. The molecule has 1 saturated heterocycles. The van der Waals surface area contributed by atoms with Crippen molar-refractivity contribution in [2.24, 2.45) is 5.92 Å². The number of nitrogens with one attached hydrogen (secondary N) is 1. The molecule has 4 heteroatoms. The summed E-state index contributed by atoms with van der Waals surface area (Å²) in [5.41, 5.74) is 1.02. The molecular weight excluding hydrogens is 262 g/mol. The summed E-state index contributed by atoms with van der Waals surface area (Å²) in [5, 5.41) is 3.92. The third-order valence-electron chi connectivity index (χ3n) is 4.02. The van der Waals surface area contributed by atoms with E-state index in [0.717, 1.165) is 43.1 Å². The van der Waals surface area contributed by atoms with Gasteiger partial charge in [0.05, 0.1) is 5.54 Å². The summed E-state index contributed by atoms with van der Waals surface area (Å²) in [5.74, 6) is 0.531. The van der Waals surface area contributed by atoms with E-state index in [2.05, 4.69) is 5.32 Å². The maximum atomic E-state index is 12.1. The van der Waals surface area contributed by atoms with Crippen molar-refractivity contribution in [3.63, 3.8) is 0 Å². The molecule has 0 bridgehead atoms. The second kappa shape index (κ2) is 5.14. The van der Waals surface area contributed by atoms with E-state index in [-0.39, 0.29) is 11.4 Å². The van der Waals surface area contributed by atoms with Crippen molar-refractivity contribution in [2.45, 2.75) is 31.2 Å². The second-order valence-corrected chi connectivity index (χ2v) is 6.01. The van der Waals surface area contributed by atoms with E-state index >= 15 is 0 Å². The van der Waals surface area contributed by atoms with Gasteiger partial charge in [-0.25, -0.2) is 0 Å². The van der Waals surface area contributed by atoms with E-state index in [9.17, 15) is 4.79 Å². The Morgan fingerprint density at radius 3 is 2.68 bits per heavy atom. The first-order chi connectivity index (χ1) is 9.18. The minimum absolute atomic E-state index is 0.138. The molecule has 3 nitrogen and oxygen atoms in total. The van der Waals surface area contributed by atoms with Gasteiger partial charge in [0.15, 0.2) is 0 Å². The molecule has 0 spiro atoms. The lowest BCUT2D eigenvalue weighted by Gasteiger charge is -2.19. The first-order valence-corrected chi connectivity index (χ1v) is 7.21. The first kappa shape index (κ1) is 12.9. The molecule has 1 aromatic rings. The zero-order valence-corrected chi connectivity index (χ0v) is 11.6. The molecule has 1 atom stereocenters. The van der Waals surface area contributed by atoms with Crippen LogP contribution >= 0.6 is 11.6 Å². The van der Waals surface area contributed by atoms with Gasteiger partial charge in [0.2, 0.25) is 5.91 Å². The molecule has 1 saturated carbocycles. The van der Waals surface area contributed by atoms with Gasteiger partial charge in [-0.2, -0.15) is 0 Å². The van der Waals surface area contributed by atoms with Gasteiger partial charge in [0, 0.05) is 24.7 Å². The lowest BCUT2D eigenvalue weighted by molar-refractivity contribution is -0.123. The number of hydrogen-bond donors (Lipinski definition) is 1. The van der Waals surface area contributed by atoms with Crippen LogP contribution in [0.1, 0.15) is 31.2 Å². The summed E-state index contributed by atoms with van der Waals surface area (Å²) >= 11 is 5.90. The average Bonchev–Trinajstić information content (AvgIpc) is 2.98. The predicted molar refractivity (Wildman–Crippen MR) is 74.0 cm³/mol. The Hall–Kier alpha value is -1.06. The Labute approximate surface area is 118 Å². The summed E-state index contributed by atoms with van der Waals surface area (Å²) < 4.78 is 5.31. The van der Waals surface area contributed by atoms with Crippen LogP contribution < -0.4 is 5.32 Å². The van der Waals surface area contributed by atoms with Crippen molar-refractivity contribution < 1.29 is 9.53 Å². The quantitative estimate of drug-likeness (QED) is 0.920. The van der Waals surface area contributed by atoms with Crippen LogP contribution in [-0.2, 0) is 15.1 Å². The monoisotopic (exact) mass is 279 g/mol. The number of carbonyl (C=O) groups excluding carboxylic acids is 1. The fourth-order valence-electron chi connectivity index (χ4n) is 2.70. The molecule has 1 aliphatic carbocycles. The highest BCUT2D eigenvalue weighted by Gasteiger charge is 2.45. The van der Waals surface area contributed by atoms with E-state index in [1.165, 1.54) is 0 Å². The van der Waals surface area contributed by atoms with Crippen LogP contribution in [0.4, 0.5) is 0 Å². The van der Waals surface area contributed by atoms with Crippen LogP contribution in [0, 0.1) is 5.92 Å². The molecule has 3 rings (SSSR count). The normalized spacial score (nSPS) is 24.2. The van der Waals surface area contributed by atoms with Gasteiger partial charge < -0.3 is 10.1 Å². The molecule has 19 heavy (non-hydrogen) atoms. The smallest absolute Gasteiger partial charge is 0.221 e. The second-order valence-electron chi connectivity index (χ2n) is 5.57. The summed E-state index contributed by atoms with van der Waals surface area (Å²) in [4.78, 5) is 12.1. The van der Waals surface area contributed by atoms with Crippen molar-refractivity contribution in [3.05, 3.63) is 34.9 Å². The molecule has 0 aromatic heterocycles. The third-order valence-corrected chi connectivity index (χ3v) is 4.28. The molecule has 1 amide bonds. The standard InChI is InChI=1S/C15H18ClNO2/c16-13-3-1-12(2-4-13)15(6-7-15)17-14(18)9-11-5-8-19-10-11/h1-4,11H,5-10H2,(H,17,18)/t11-/m0/s1. The summed E-state index contributed by atoms with van der Waals surface area (Å²) in [6, 6.07) is 7.78. The first-order valence-electron chi connectivity index (χ1n) is 6.83. The van der Waals surface area contributed by atoms with Gasteiger partial charge in [-0.05, 0) is 42.9 Å². The number of benzene rings is 1. The number of hydrogen-bond acceptors (Lipinski definition) is 2. The largest absolute Gasteiger partial charge is 0.381 e. The van der Waals surface area contributed by atoms with Crippen molar-refractivity contribution >= 4 is 17.5 Å². The average molecular weight is 280 g/mol.